The highest BCUT2D eigenvalue weighted by Crippen LogP contribution is 2.31. The molecule has 1 amide bonds. The van der Waals surface area contributed by atoms with Crippen molar-refractivity contribution in [2.75, 3.05) is 6.61 Å². The van der Waals surface area contributed by atoms with Gasteiger partial charge in [0.2, 0.25) is 5.82 Å². The molecule has 0 bridgehead atoms. The summed E-state index contributed by atoms with van der Waals surface area (Å²) < 4.78 is 11.0. The third-order valence-electron chi connectivity index (χ3n) is 3.47. The molecule has 6 nitrogen and oxygen atoms in total. The van der Waals surface area contributed by atoms with E-state index in [-0.39, 0.29) is 18.6 Å². The number of ether oxygens (including phenoxy) is 1. The Morgan fingerprint density at radius 1 is 1.15 bits per heavy atom. The van der Waals surface area contributed by atoms with Gasteiger partial charge in [-0.25, -0.2) is 0 Å². The fourth-order valence-electron chi connectivity index (χ4n) is 2.36. The lowest BCUT2D eigenvalue weighted by atomic mass is 10.2. The molecule has 0 aliphatic carbocycles. The van der Waals surface area contributed by atoms with Gasteiger partial charge in [0.05, 0.1) is 10.6 Å². The first-order chi connectivity index (χ1) is 12.5. The van der Waals surface area contributed by atoms with Crippen LogP contribution < -0.4 is 10.1 Å². The first kappa shape index (κ1) is 17.9. The number of nitrogens with zero attached hydrogens (tertiary/aromatic N) is 2. The van der Waals surface area contributed by atoms with Crippen LogP contribution in [0.1, 0.15) is 13.8 Å². The minimum absolute atomic E-state index is 0.0514. The number of halogens is 1. The molecule has 0 aliphatic rings. The molecule has 3 rings (SSSR count). The van der Waals surface area contributed by atoms with Gasteiger partial charge in [0.25, 0.3) is 11.8 Å². The highest BCUT2D eigenvalue weighted by atomic mass is 35.5. The number of hydrogen-bond acceptors (Lipinski definition) is 5. The molecule has 26 heavy (non-hydrogen) atoms. The highest BCUT2D eigenvalue weighted by Gasteiger charge is 2.17. The second-order valence-electron chi connectivity index (χ2n) is 5.91. The number of aromatic nitrogens is 2. The van der Waals surface area contributed by atoms with Gasteiger partial charge in [0.1, 0.15) is 5.75 Å². The second kappa shape index (κ2) is 8.01. The molecule has 1 aromatic heterocycles. The first-order valence-corrected chi connectivity index (χ1v) is 8.52. The molecule has 0 saturated carbocycles. The maximum atomic E-state index is 11.8. The predicted octanol–water partition coefficient (Wildman–Crippen LogP) is 3.96. The van der Waals surface area contributed by atoms with Crippen LogP contribution in [0.15, 0.2) is 53.1 Å². The maximum absolute atomic E-state index is 11.8. The van der Waals surface area contributed by atoms with Gasteiger partial charge >= 0.3 is 0 Å². The van der Waals surface area contributed by atoms with Crippen molar-refractivity contribution < 1.29 is 14.1 Å². The van der Waals surface area contributed by atoms with Crippen LogP contribution in [0.25, 0.3) is 22.8 Å². The van der Waals surface area contributed by atoms with Crippen molar-refractivity contribution in [2.45, 2.75) is 19.9 Å². The molecular formula is C19H18ClN3O3. The largest absolute Gasteiger partial charge is 0.483 e. The van der Waals surface area contributed by atoms with Crippen LogP contribution in [0.4, 0.5) is 0 Å². The zero-order valence-electron chi connectivity index (χ0n) is 14.4. The Morgan fingerprint density at radius 3 is 2.58 bits per heavy atom. The minimum atomic E-state index is -0.197. The van der Waals surface area contributed by atoms with Gasteiger partial charge in [-0.05, 0) is 38.1 Å². The Labute approximate surface area is 156 Å². The Hall–Kier alpha value is -2.86. The van der Waals surface area contributed by atoms with Crippen molar-refractivity contribution in [3.63, 3.8) is 0 Å². The third kappa shape index (κ3) is 4.21. The lowest BCUT2D eigenvalue weighted by Gasteiger charge is -2.11. The van der Waals surface area contributed by atoms with Crippen LogP contribution >= 0.6 is 11.6 Å². The molecule has 0 aliphatic heterocycles. The molecule has 134 valence electrons. The summed E-state index contributed by atoms with van der Waals surface area (Å²) in [4.78, 5) is 16.2. The van der Waals surface area contributed by atoms with Gasteiger partial charge in [0.15, 0.2) is 6.61 Å². The van der Waals surface area contributed by atoms with Crippen LogP contribution in [0.2, 0.25) is 5.02 Å². The van der Waals surface area contributed by atoms with E-state index < -0.39 is 0 Å². The fraction of sp³-hybridized carbons (Fsp3) is 0.211. The van der Waals surface area contributed by atoms with E-state index in [1.165, 1.54) is 0 Å². The van der Waals surface area contributed by atoms with Gasteiger partial charge in [-0.2, -0.15) is 4.98 Å². The van der Waals surface area contributed by atoms with E-state index in [1.54, 1.807) is 18.2 Å². The average molecular weight is 372 g/mol. The van der Waals surface area contributed by atoms with Crippen LogP contribution in [-0.2, 0) is 4.79 Å². The van der Waals surface area contributed by atoms with E-state index in [1.807, 2.05) is 44.2 Å². The number of carbonyl (C=O) groups is 1. The van der Waals surface area contributed by atoms with E-state index in [0.29, 0.717) is 33.6 Å². The van der Waals surface area contributed by atoms with Crippen molar-refractivity contribution >= 4 is 17.5 Å². The molecule has 0 unspecified atom stereocenters. The number of rotatable bonds is 6. The molecule has 1 heterocycles. The summed E-state index contributed by atoms with van der Waals surface area (Å²) in [5, 5.41) is 7.30. The zero-order valence-corrected chi connectivity index (χ0v) is 15.2. The van der Waals surface area contributed by atoms with Crippen molar-refractivity contribution in [1.29, 1.82) is 0 Å². The molecule has 0 atom stereocenters. The number of amides is 1. The summed E-state index contributed by atoms with van der Waals surface area (Å²) >= 11 is 6.18. The molecule has 0 radical (unpaired) electrons. The maximum Gasteiger partial charge on any atom is 0.262 e. The Kier molecular flexibility index (Phi) is 5.53. The van der Waals surface area contributed by atoms with Gasteiger partial charge in [-0.15, -0.1) is 0 Å². The Bertz CT molecular complexity index is 908. The quantitative estimate of drug-likeness (QED) is 0.709. The van der Waals surface area contributed by atoms with E-state index in [4.69, 9.17) is 20.9 Å². The fourth-order valence-corrected chi connectivity index (χ4v) is 2.58. The molecule has 0 spiro atoms. The van der Waals surface area contributed by atoms with Crippen molar-refractivity contribution in [3.05, 3.63) is 53.6 Å². The summed E-state index contributed by atoms with van der Waals surface area (Å²) in [5.41, 5.74) is 1.29. The predicted molar refractivity (Wildman–Crippen MR) is 99.0 cm³/mol. The molecule has 0 saturated heterocycles. The first-order valence-electron chi connectivity index (χ1n) is 8.15. The summed E-state index contributed by atoms with van der Waals surface area (Å²) in [6, 6.07) is 14.5. The van der Waals surface area contributed by atoms with Crippen molar-refractivity contribution in [2.24, 2.45) is 0 Å². The van der Waals surface area contributed by atoms with E-state index >= 15 is 0 Å². The van der Waals surface area contributed by atoms with E-state index in [0.717, 1.165) is 0 Å². The van der Waals surface area contributed by atoms with Gasteiger partial charge in [-0.1, -0.05) is 41.0 Å². The second-order valence-corrected chi connectivity index (χ2v) is 6.32. The SMILES string of the molecule is CC(C)NC(=O)COc1ccccc1-c1nc(-c2ccccc2Cl)no1. The average Bonchev–Trinajstić information content (AvgIpc) is 3.10. The number of hydrogen-bond donors (Lipinski definition) is 1. The summed E-state index contributed by atoms with van der Waals surface area (Å²) in [5.74, 6) is 0.968. The van der Waals surface area contributed by atoms with Gasteiger partial charge < -0.3 is 14.6 Å². The highest BCUT2D eigenvalue weighted by molar-refractivity contribution is 6.33. The van der Waals surface area contributed by atoms with Crippen molar-refractivity contribution in [1.82, 2.24) is 15.5 Å². The molecule has 2 aromatic carbocycles. The molecule has 3 aromatic rings. The van der Waals surface area contributed by atoms with Crippen LogP contribution in [0.5, 0.6) is 5.75 Å². The Morgan fingerprint density at radius 2 is 1.85 bits per heavy atom. The molecular weight excluding hydrogens is 354 g/mol. The van der Waals surface area contributed by atoms with E-state index in [9.17, 15) is 4.79 Å². The monoisotopic (exact) mass is 371 g/mol. The molecule has 0 fully saturated rings. The van der Waals surface area contributed by atoms with E-state index in [2.05, 4.69) is 15.5 Å². The van der Waals surface area contributed by atoms with Gasteiger partial charge in [-0.3, -0.25) is 4.79 Å². The lowest BCUT2D eigenvalue weighted by molar-refractivity contribution is -0.123. The third-order valence-corrected chi connectivity index (χ3v) is 3.80. The number of para-hydroxylation sites is 1. The van der Waals surface area contributed by atoms with Crippen LogP contribution in [-0.4, -0.2) is 28.7 Å². The normalized spacial score (nSPS) is 10.8. The number of nitrogens with one attached hydrogen (secondary N) is 1. The summed E-state index contributed by atoms with van der Waals surface area (Å²) in [6.45, 7) is 3.68. The zero-order chi connectivity index (χ0) is 18.5. The van der Waals surface area contributed by atoms with Gasteiger partial charge in [0, 0.05) is 11.6 Å². The van der Waals surface area contributed by atoms with Crippen LogP contribution in [0, 0.1) is 0 Å². The summed E-state index contributed by atoms with van der Waals surface area (Å²) in [7, 11) is 0. The van der Waals surface area contributed by atoms with Crippen molar-refractivity contribution in [3.8, 4) is 28.6 Å². The topological polar surface area (TPSA) is 77.2 Å². The smallest absolute Gasteiger partial charge is 0.262 e. The number of benzene rings is 2. The molecule has 7 heteroatoms. The summed E-state index contributed by atoms with van der Waals surface area (Å²) in [6.07, 6.45) is 0. The Balaban J connectivity index is 1.82. The minimum Gasteiger partial charge on any atom is -0.483 e. The standard InChI is InChI=1S/C19H18ClN3O3/c1-12(2)21-17(24)11-25-16-10-6-4-8-14(16)19-22-18(23-26-19)13-7-3-5-9-15(13)20/h3-10,12H,11H2,1-2H3,(H,21,24). The molecule has 1 N–H and O–H groups in total. The van der Waals surface area contributed by atoms with Crippen LogP contribution in [0.3, 0.4) is 0 Å². The number of carbonyl (C=O) groups excluding carboxylic acids is 1. The lowest BCUT2D eigenvalue weighted by Crippen LogP contribution is -2.34.